The lowest BCUT2D eigenvalue weighted by Gasteiger charge is -2.25. The molecule has 15 heavy (non-hydrogen) atoms. The Morgan fingerprint density at radius 3 is 2.67 bits per heavy atom. The molecule has 1 aliphatic rings. The standard InChI is InChI=1S/C14H13N/c1-12-7-3-4-8-13(12)14(11-15)9-5-2-6-10-14/h2-9H,10H2,1H3. The van der Waals surface area contributed by atoms with Gasteiger partial charge in [0.05, 0.1) is 6.07 Å². The van der Waals surface area contributed by atoms with Crippen molar-refractivity contribution in [1.82, 2.24) is 0 Å². The molecule has 2 rings (SSSR count). The number of aryl methyl sites for hydroxylation is 1. The summed E-state index contributed by atoms with van der Waals surface area (Å²) < 4.78 is 0. The van der Waals surface area contributed by atoms with Crippen LogP contribution in [0, 0.1) is 18.3 Å². The van der Waals surface area contributed by atoms with Gasteiger partial charge >= 0.3 is 0 Å². The van der Waals surface area contributed by atoms with Gasteiger partial charge < -0.3 is 0 Å². The van der Waals surface area contributed by atoms with Crippen LogP contribution in [0.15, 0.2) is 48.6 Å². The van der Waals surface area contributed by atoms with Crippen LogP contribution >= 0.6 is 0 Å². The second-order valence-electron chi connectivity index (χ2n) is 3.89. The van der Waals surface area contributed by atoms with Crippen LogP contribution in [0.4, 0.5) is 0 Å². The zero-order valence-corrected chi connectivity index (χ0v) is 8.77. The lowest BCUT2D eigenvalue weighted by molar-refractivity contribution is 0.685. The van der Waals surface area contributed by atoms with Crippen LogP contribution < -0.4 is 0 Å². The van der Waals surface area contributed by atoms with Gasteiger partial charge in [0, 0.05) is 0 Å². The van der Waals surface area contributed by atoms with E-state index in [9.17, 15) is 5.26 Å². The van der Waals surface area contributed by atoms with Gasteiger partial charge in [-0.15, -0.1) is 0 Å². The zero-order valence-electron chi connectivity index (χ0n) is 8.77. The highest BCUT2D eigenvalue weighted by Gasteiger charge is 2.30. The molecule has 0 bridgehead atoms. The van der Waals surface area contributed by atoms with Crippen LogP contribution in [0.2, 0.25) is 0 Å². The number of rotatable bonds is 1. The average molecular weight is 195 g/mol. The Kier molecular flexibility index (Phi) is 2.43. The fourth-order valence-electron chi connectivity index (χ4n) is 2.04. The molecular formula is C14H13N. The summed E-state index contributed by atoms with van der Waals surface area (Å²) in [7, 11) is 0. The fraction of sp³-hybridized carbons (Fsp3) is 0.214. The van der Waals surface area contributed by atoms with Crippen molar-refractivity contribution in [2.45, 2.75) is 18.8 Å². The van der Waals surface area contributed by atoms with Gasteiger partial charge in [0.1, 0.15) is 5.41 Å². The van der Waals surface area contributed by atoms with Crippen LogP contribution in [0.5, 0.6) is 0 Å². The minimum Gasteiger partial charge on any atom is -0.197 e. The quantitative estimate of drug-likeness (QED) is 0.674. The topological polar surface area (TPSA) is 23.8 Å². The highest BCUT2D eigenvalue weighted by atomic mass is 14.4. The molecule has 1 aliphatic carbocycles. The van der Waals surface area contributed by atoms with E-state index in [1.807, 2.05) is 36.4 Å². The molecular weight excluding hydrogens is 182 g/mol. The first-order chi connectivity index (χ1) is 7.28. The first-order valence-corrected chi connectivity index (χ1v) is 5.10. The summed E-state index contributed by atoms with van der Waals surface area (Å²) in [6.45, 7) is 2.06. The molecule has 0 aliphatic heterocycles. The third-order valence-corrected chi connectivity index (χ3v) is 2.89. The Hall–Kier alpha value is -1.81. The molecule has 0 radical (unpaired) electrons. The van der Waals surface area contributed by atoms with Crippen molar-refractivity contribution < 1.29 is 0 Å². The summed E-state index contributed by atoms with van der Waals surface area (Å²) >= 11 is 0. The Bertz CT molecular complexity index is 462. The summed E-state index contributed by atoms with van der Waals surface area (Å²) in [6, 6.07) is 10.5. The van der Waals surface area contributed by atoms with Gasteiger partial charge in [0.25, 0.3) is 0 Å². The maximum atomic E-state index is 9.38. The molecule has 0 heterocycles. The molecule has 0 N–H and O–H groups in total. The molecule has 1 aromatic rings. The molecule has 1 heteroatoms. The van der Waals surface area contributed by atoms with Crippen LogP contribution in [0.3, 0.4) is 0 Å². The van der Waals surface area contributed by atoms with E-state index in [-0.39, 0.29) is 0 Å². The summed E-state index contributed by atoms with van der Waals surface area (Å²) in [5.74, 6) is 0. The van der Waals surface area contributed by atoms with Gasteiger partial charge in [0.2, 0.25) is 0 Å². The van der Waals surface area contributed by atoms with E-state index in [0.717, 1.165) is 12.0 Å². The van der Waals surface area contributed by atoms with Gasteiger partial charge in [-0.05, 0) is 24.5 Å². The lowest BCUT2D eigenvalue weighted by Crippen LogP contribution is -2.22. The number of benzene rings is 1. The largest absolute Gasteiger partial charge is 0.197 e. The van der Waals surface area contributed by atoms with E-state index in [4.69, 9.17) is 0 Å². The predicted octanol–water partition coefficient (Wildman–Crippen LogP) is 3.27. The number of hydrogen-bond donors (Lipinski definition) is 0. The van der Waals surface area contributed by atoms with Crippen LogP contribution in [-0.4, -0.2) is 0 Å². The van der Waals surface area contributed by atoms with Gasteiger partial charge in [0.15, 0.2) is 0 Å². The Labute approximate surface area is 90.4 Å². The van der Waals surface area contributed by atoms with Crippen LogP contribution in [0.1, 0.15) is 17.5 Å². The first kappa shape index (κ1) is 9.73. The molecule has 0 saturated heterocycles. The molecule has 74 valence electrons. The maximum Gasteiger partial charge on any atom is 0.104 e. The molecule has 0 fully saturated rings. The lowest BCUT2D eigenvalue weighted by atomic mass is 9.75. The Morgan fingerprint density at radius 1 is 1.27 bits per heavy atom. The van der Waals surface area contributed by atoms with E-state index in [0.29, 0.717) is 0 Å². The first-order valence-electron chi connectivity index (χ1n) is 5.10. The van der Waals surface area contributed by atoms with E-state index in [2.05, 4.69) is 25.1 Å². The summed E-state index contributed by atoms with van der Waals surface area (Å²) in [4.78, 5) is 0. The van der Waals surface area contributed by atoms with Crippen molar-refractivity contribution in [1.29, 1.82) is 5.26 Å². The highest BCUT2D eigenvalue weighted by molar-refractivity contribution is 5.46. The second-order valence-corrected chi connectivity index (χ2v) is 3.89. The minimum atomic E-state index is -0.458. The third kappa shape index (κ3) is 1.59. The molecule has 0 amide bonds. The number of hydrogen-bond acceptors (Lipinski definition) is 1. The highest BCUT2D eigenvalue weighted by Crippen LogP contribution is 2.33. The Balaban J connectivity index is 2.54. The minimum absolute atomic E-state index is 0.458. The fourth-order valence-corrected chi connectivity index (χ4v) is 2.04. The SMILES string of the molecule is Cc1ccccc1C1(C#N)C=CC=CC1. The summed E-state index contributed by atoms with van der Waals surface area (Å²) in [6.07, 6.45) is 8.77. The summed E-state index contributed by atoms with van der Waals surface area (Å²) in [5, 5.41) is 9.38. The smallest absolute Gasteiger partial charge is 0.104 e. The molecule has 1 nitrogen and oxygen atoms in total. The summed E-state index contributed by atoms with van der Waals surface area (Å²) in [5.41, 5.74) is 1.84. The van der Waals surface area contributed by atoms with Crippen molar-refractivity contribution in [3.8, 4) is 6.07 Å². The number of nitriles is 1. The average Bonchev–Trinajstić information content (AvgIpc) is 2.30. The van der Waals surface area contributed by atoms with Crippen LogP contribution in [0.25, 0.3) is 0 Å². The molecule has 1 atom stereocenters. The van der Waals surface area contributed by atoms with Crippen molar-refractivity contribution in [3.05, 3.63) is 59.7 Å². The van der Waals surface area contributed by atoms with Crippen molar-refractivity contribution in [2.24, 2.45) is 0 Å². The predicted molar refractivity (Wildman–Crippen MR) is 61.4 cm³/mol. The molecule has 0 saturated carbocycles. The Morgan fingerprint density at radius 2 is 2.07 bits per heavy atom. The van der Waals surface area contributed by atoms with Gasteiger partial charge in [-0.1, -0.05) is 48.6 Å². The van der Waals surface area contributed by atoms with Gasteiger partial charge in [-0.25, -0.2) is 0 Å². The van der Waals surface area contributed by atoms with E-state index < -0.39 is 5.41 Å². The zero-order chi connectivity index (χ0) is 10.7. The van der Waals surface area contributed by atoms with E-state index >= 15 is 0 Å². The number of allylic oxidation sites excluding steroid dienone is 4. The molecule has 0 spiro atoms. The van der Waals surface area contributed by atoms with Gasteiger partial charge in [-0.2, -0.15) is 5.26 Å². The number of nitrogens with zero attached hydrogens (tertiary/aromatic N) is 1. The molecule has 1 unspecified atom stereocenters. The molecule has 1 aromatic carbocycles. The van der Waals surface area contributed by atoms with Crippen molar-refractivity contribution >= 4 is 0 Å². The normalized spacial score (nSPS) is 23.7. The molecule has 0 aromatic heterocycles. The monoisotopic (exact) mass is 195 g/mol. The van der Waals surface area contributed by atoms with E-state index in [1.54, 1.807) is 0 Å². The van der Waals surface area contributed by atoms with E-state index in [1.165, 1.54) is 5.56 Å². The van der Waals surface area contributed by atoms with Crippen molar-refractivity contribution in [2.75, 3.05) is 0 Å². The maximum absolute atomic E-state index is 9.38. The third-order valence-electron chi connectivity index (χ3n) is 2.89. The van der Waals surface area contributed by atoms with Crippen LogP contribution in [-0.2, 0) is 5.41 Å². The van der Waals surface area contributed by atoms with Gasteiger partial charge in [-0.3, -0.25) is 0 Å². The van der Waals surface area contributed by atoms with Crippen molar-refractivity contribution in [3.63, 3.8) is 0 Å². The second kappa shape index (κ2) is 3.74.